The van der Waals surface area contributed by atoms with Gasteiger partial charge in [0.1, 0.15) is 5.82 Å². The Morgan fingerprint density at radius 3 is 2.53 bits per heavy atom. The number of rotatable bonds is 1. The minimum absolute atomic E-state index is 0.694. The molecule has 5 heteroatoms. The molecule has 0 aliphatic carbocycles. The summed E-state index contributed by atoms with van der Waals surface area (Å²) in [5.74, 6) is 3.51. The van der Waals surface area contributed by atoms with E-state index in [9.17, 15) is 0 Å². The van der Waals surface area contributed by atoms with Gasteiger partial charge in [0.15, 0.2) is 0 Å². The number of nitrogens with two attached hydrogens (primary N) is 1. The maximum absolute atomic E-state index is 6.03. The fourth-order valence-electron chi connectivity index (χ4n) is 2.47. The predicted octanol–water partition coefficient (Wildman–Crippen LogP) is 2.19. The van der Waals surface area contributed by atoms with Crippen LogP contribution in [0.15, 0.2) is 0 Å². The molecule has 0 saturated carbocycles. The fraction of sp³-hybridized carbons (Fsp3) is 0.667. The van der Waals surface area contributed by atoms with Crippen molar-refractivity contribution in [1.82, 2.24) is 9.97 Å². The molecule has 3 rings (SSSR count). The second-order valence-corrected chi connectivity index (χ2v) is 5.71. The van der Waals surface area contributed by atoms with Crippen LogP contribution in [-0.2, 0) is 11.5 Å². The van der Waals surface area contributed by atoms with E-state index in [2.05, 4.69) is 9.88 Å². The van der Waals surface area contributed by atoms with Gasteiger partial charge in [0, 0.05) is 30.2 Å². The Labute approximate surface area is 106 Å². The molecule has 2 aliphatic heterocycles. The van der Waals surface area contributed by atoms with Crippen molar-refractivity contribution in [2.24, 2.45) is 0 Å². The van der Waals surface area contributed by atoms with Gasteiger partial charge in [-0.1, -0.05) is 12.8 Å². The molecule has 1 fully saturated rings. The predicted molar refractivity (Wildman–Crippen MR) is 72.1 cm³/mol. The monoisotopic (exact) mass is 250 g/mol. The third kappa shape index (κ3) is 2.20. The third-order valence-corrected chi connectivity index (χ3v) is 4.46. The molecule has 0 amide bonds. The Balaban J connectivity index is 1.89. The fourth-order valence-corrected chi connectivity index (χ4v) is 3.53. The van der Waals surface area contributed by atoms with Crippen LogP contribution in [0.3, 0.4) is 0 Å². The SMILES string of the molecule is Nc1nc(N2CCCCCC2)nc2c1CSC2. The van der Waals surface area contributed by atoms with E-state index in [4.69, 9.17) is 10.7 Å². The molecule has 1 aromatic rings. The zero-order valence-electron chi connectivity index (χ0n) is 9.98. The molecule has 1 saturated heterocycles. The summed E-state index contributed by atoms with van der Waals surface area (Å²) in [6, 6.07) is 0. The first-order chi connectivity index (χ1) is 8.34. The zero-order valence-corrected chi connectivity index (χ0v) is 10.8. The molecule has 2 aliphatic rings. The lowest BCUT2D eigenvalue weighted by atomic mass is 10.2. The highest BCUT2D eigenvalue weighted by Gasteiger charge is 2.21. The third-order valence-electron chi connectivity index (χ3n) is 3.49. The standard InChI is InChI=1S/C12H18N4S/c13-11-9-7-17-8-10(9)14-12(15-11)16-5-3-1-2-4-6-16/h1-8H2,(H2,13,14,15). The number of fused-ring (bicyclic) bond motifs is 1. The lowest BCUT2D eigenvalue weighted by molar-refractivity contribution is 0.726. The Hall–Kier alpha value is -0.970. The van der Waals surface area contributed by atoms with E-state index >= 15 is 0 Å². The summed E-state index contributed by atoms with van der Waals surface area (Å²) in [6.45, 7) is 2.15. The second-order valence-electron chi connectivity index (χ2n) is 4.73. The summed E-state index contributed by atoms with van der Waals surface area (Å²) in [6.07, 6.45) is 5.14. The highest BCUT2D eigenvalue weighted by atomic mass is 32.2. The lowest BCUT2D eigenvalue weighted by Gasteiger charge is -2.21. The van der Waals surface area contributed by atoms with Gasteiger partial charge in [-0.15, -0.1) is 0 Å². The average Bonchev–Trinajstić information content (AvgIpc) is 2.63. The Morgan fingerprint density at radius 1 is 1.00 bits per heavy atom. The molecule has 3 heterocycles. The van der Waals surface area contributed by atoms with Gasteiger partial charge in [-0.25, -0.2) is 4.98 Å². The molecule has 0 aromatic carbocycles. The number of hydrogen-bond donors (Lipinski definition) is 1. The number of hydrogen-bond acceptors (Lipinski definition) is 5. The van der Waals surface area contributed by atoms with Crippen molar-refractivity contribution in [3.8, 4) is 0 Å². The summed E-state index contributed by atoms with van der Waals surface area (Å²) < 4.78 is 0. The molecular weight excluding hydrogens is 232 g/mol. The quantitative estimate of drug-likeness (QED) is 0.828. The van der Waals surface area contributed by atoms with Crippen LogP contribution < -0.4 is 10.6 Å². The van der Waals surface area contributed by atoms with Gasteiger partial charge < -0.3 is 10.6 Å². The van der Waals surface area contributed by atoms with Crippen molar-refractivity contribution in [2.75, 3.05) is 23.7 Å². The van der Waals surface area contributed by atoms with Gasteiger partial charge in [-0.05, 0) is 12.8 Å². The average molecular weight is 250 g/mol. The maximum atomic E-state index is 6.03. The molecule has 1 aromatic heterocycles. The van der Waals surface area contributed by atoms with E-state index in [0.29, 0.717) is 5.82 Å². The van der Waals surface area contributed by atoms with Crippen LogP contribution in [0.4, 0.5) is 11.8 Å². The van der Waals surface area contributed by atoms with Gasteiger partial charge >= 0.3 is 0 Å². The maximum Gasteiger partial charge on any atom is 0.227 e. The first kappa shape index (κ1) is 11.1. The first-order valence-electron chi connectivity index (χ1n) is 6.32. The summed E-state index contributed by atoms with van der Waals surface area (Å²) in [5.41, 5.74) is 8.34. The number of nitrogen functional groups attached to an aromatic ring is 1. The summed E-state index contributed by atoms with van der Waals surface area (Å²) in [5, 5.41) is 0. The molecular formula is C12H18N4S. The van der Waals surface area contributed by atoms with Crippen LogP contribution in [0.1, 0.15) is 36.9 Å². The molecule has 0 atom stereocenters. The number of anilines is 2. The molecule has 4 nitrogen and oxygen atoms in total. The normalized spacial score (nSPS) is 20.1. The van der Waals surface area contributed by atoms with Crippen LogP contribution in [0.2, 0.25) is 0 Å². The van der Waals surface area contributed by atoms with E-state index in [-0.39, 0.29) is 0 Å². The highest BCUT2D eigenvalue weighted by molar-refractivity contribution is 7.98. The molecule has 0 bridgehead atoms. The van der Waals surface area contributed by atoms with Crippen LogP contribution in [0, 0.1) is 0 Å². The van der Waals surface area contributed by atoms with Crippen LogP contribution >= 0.6 is 11.8 Å². The van der Waals surface area contributed by atoms with Gasteiger partial charge in [-0.2, -0.15) is 16.7 Å². The summed E-state index contributed by atoms with van der Waals surface area (Å²) in [7, 11) is 0. The van der Waals surface area contributed by atoms with E-state index in [1.54, 1.807) is 0 Å². The van der Waals surface area contributed by atoms with Gasteiger partial charge in [0.2, 0.25) is 5.95 Å². The Morgan fingerprint density at radius 2 is 1.76 bits per heavy atom. The molecule has 0 radical (unpaired) electrons. The van der Waals surface area contributed by atoms with Crippen LogP contribution in [0.25, 0.3) is 0 Å². The van der Waals surface area contributed by atoms with Crippen molar-refractivity contribution < 1.29 is 0 Å². The van der Waals surface area contributed by atoms with E-state index in [1.807, 2.05) is 11.8 Å². The van der Waals surface area contributed by atoms with Crippen molar-refractivity contribution in [3.05, 3.63) is 11.3 Å². The highest BCUT2D eigenvalue weighted by Crippen LogP contribution is 2.33. The molecule has 92 valence electrons. The minimum Gasteiger partial charge on any atom is -0.383 e. The number of nitrogens with zero attached hydrogens (tertiary/aromatic N) is 3. The molecule has 17 heavy (non-hydrogen) atoms. The van der Waals surface area contributed by atoms with Gasteiger partial charge in [0.05, 0.1) is 5.69 Å². The minimum atomic E-state index is 0.694. The Kier molecular flexibility index (Phi) is 3.09. The van der Waals surface area contributed by atoms with Crippen molar-refractivity contribution in [3.63, 3.8) is 0 Å². The summed E-state index contributed by atoms with van der Waals surface area (Å²) >= 11 is 1.88. The first-order valence-corrected chi connectivity index (χ1v) is 7.48. The van der Waals surface area contributed by atoms with Crippen LogP contribution in [0.5, 0.6) is 0 Å². The number of aromatic nitrogens is 2. The summed E-state index contributed by atoms with van der Waals surface area (Å²) in [4.78, 5) is 11.5. The van der Waals surface area contributed by atoms with E-state index in [0.717, 1.165) is 41.8 Å². The molecule has 0 unspecified atom stereocenters. The van der Waals surface area contributed by atoms with Crippen molar-refractivity contribution in [1.29, 1.82) is 0 Å². The number of thioether (sulfide) groups is 1. The van der Waals surface area contributed by atoms with Crippen LogP contribution in [-0.4, -0.2) is 23.1 Å². The topological polar surface area (TPSA) is 55.0 Å². The van der Waals surface area contributed by atoms with E-state index < -0.39 is 0 Å². The van der Waals surface area contributed by atoms with Crippen molar-refractivity contribution >= 4 is 23.5 Å². The molecule has 0 spiro atoms. The zero-order chi connectivity index (χ0) is 11.7. The van der Waals surface area contributed by atoms with Gasteiger partial charge in [-0.3, -0.25) is 0 Å². The van der Waals surface area contributed by atoms with E-state index in [1.165, 1.54) is 25.7 Å². The smallest absolute Gasteiger partial charge is 0.227 e. The molecule has 2 N–H and O–H groups in total. The lowest BCUT2D eigenvalue weighted by Crippen LogP contribution is -2.26. The second kappa shape index (κ2) is 4.72. The largest absolute Gasteiger partial charge is 0.383 e. The van der Waals surface area contributed by atoms with Crippen molar-refractivity contribution in [2.45, 2.75) is 37.2 Å². The van der Waals surface area contributed by atoms with Gasteiger partial charge in [0.25, 0.3) is 0 Å². The Bertz CT molecular complexity index is 413.